The van der Waals surface area contributed by atoms with E-state index in [1.807, 2.05) is 6.07 Å². The van der Waals surface area contributed by atoms with Crippen molar-refractivity contribution in [2.75, 3.05) is 13.7 Å². The van der Waals surface area contributed by atoms with Gasteiger partial charge in [0.15, 0.2) is 0 Å². The van der Waals surface area contributed by atoms with Crippen LogP contribution in [0.2, 0.25) is 0 Å². The maximum Gasteiger partial charge on any atom is 0.215 e. The molecule has 2 aromatic carbocycles. The predicted molar refractivity (Wildman–Crippen MR) is 87.8 cm³/mol. The van der Waals surface area contributed by atoms with Gasteiger partial charge in [0.25, 0.3) is 0 Å². The number of methoxy groups -OCH3 is 1. The van der Waals surface area contributed by atoms with E-state index in [9.17, 15) is 12.8 Å². The lowest BCUT2D eigenvalue weighted by atomic mass is 9.95. The van der Waals surface area contributed by atoms with Crippen molar-refractivity contribution in [3.63, 3.8) is 0 Å². The molecule has 6 heteroatoms. The molecule has 0 heterocycles. The topological polar surface area (TPSA) is 55.4 Å². The summed E-state index contributed by atoms with van der Waals surface area (Å²) in [5.74, 6) is -0.565. The number of hydrogen-bond acceptors (Lipinski definition) is 3. The van der Waals surface area contributed by atoms with E-state index in [-0.39, 0.29) is 12.3 Å². The smallest absolute Gasteiger partial charge is 0.215 e. The number of rotatable bonds is 7. The SMILES string of the molecule is CO[C@@](C)(CNS(=O)(=O)Cc1ccccc1)c1ccccc1F. The first kappa shape index (κ1) is 17.6. The number of ether oxygens (including phenoxy) is 1. The molecule has 124 valence electrons. The summed E-state index contributed by atoms with van der Waals surface area (Å²) in [7, 11) is -2.12. The summed E-state index contributed by atoms with van der Waals surface area (Å²) in [6.45, 7) is 1.59. The van der Waals surface area contributed by atoms with E-state index in [0.29, 0.717) is 11.1 Å². The van der Waals surface area contributed by atoms with Crippen LogP contribution >= 0.6 is 0 Å². The zero-order valence-corrected chi connectivity index (χ0v) is 13.9. The highest BCUT2D eigenvalue weighted by Crippen LogP contribution is 2.26. The molecular formula is C17H20FNO3S. The van der Waals surface area contributed by atoms with Gasteiger partial charge in [-0.3, -0.25) is 0 Å². The van der Waals surface area contributed by atoms with Gasteiger partial charge in [0.1, 0.15) is 11.4 Å². The molecule has 0 unspecified atom stereocenters. The minimum absolute atomic E-state index is 0.0560. The highest BCUT2D eigenvalue weighted by atomic mass is 32.2. The monoisotopic (exact) mass is 337 g/mol. The van der Waals surface area contributed by atoms with E-state index >= 15 is 0 Å². The fraction of sp³-hybridized carbons (Fsp3) is 0.294. The number of hydrogen-bond donors (Lipinski definition) is 1. The van der Waals surface area contributed by atoms with Crippen LogP contribution in [-0.2, 0) is 26.1 Å². The lowest BCUT2D eigenvalue weighted by molar-refractivity contribution is 0.00409. The third-order valence-electron chi connectivity index (χ3n) is 3.72. The molecule has 23 heavy (non-hydrogen) atoms. The molecule has 0 spiro atoms. The van der Waals surface area contributed by atoms with Gasteiger partial charge in [-0.25, -0.2) is 17.5 Å². The van der Waals surface area contributed by atoms with Gasteiger partial charge in [0, 0.05) is 19.2 Å². The van der Waals surface area contributed by atoms with Gasteiger partial charge in [-0.2, -0.15) is 0 Å². The molecule has 0 aliphatic heterocycles. The average molecular weight is 337 g/mol. The molecule has 0 bridgehead atoms. The molecule has 2 aromatic rings. The minimum Gasteiger partial charge on any atom is -0.372 e. The normalized spacial score (nSPS) is 14.4. The second-order valence-corrected chi connectivity index (χ2v) is 7.29. The Balaban J connectivity index is 2.12. The average Bonchev–Trinajstić information content (AvgIpc) is 2.54. The molecule has 0 amide bonds. The summed E-state index contributed by atoms with van der Waals surface area (Å²) in [4.78, 5) is 0. The van der Waals surface area contributed by atoms with Crippen LogP contribution in [0.3, 0.4) is 0 Å². The predicted octanol–water partition coefficient (Wildman–Crippen LogP) is 2.81. The first-order valence-electron chi connectivity index (χ1n) is 7.18. The number of nitrogens with one attached hydrogen (secondary N) is 1. The highest BCUT2D eigenvalue weighted by molar-refractivity contribution is 7.88. The quantitative estimate of drug-likeness (QED) is 0.845. The highest BCUT2D eigenvalue weighted by Gasteiger charge is 2.30. The number of sulfonamides is 1. The minimum atomic E-state index is -3.55. The van der Waals surface area contributed by atoms with Crippen LogP contribution < -0.4 is 4.72 Å². The van der Waals surface area contributed by atoms with E-state index in [0.717, 1.165) is 0 Å². The molecule has 0 aromatic heterocycles. The fourth-order valence-corrected chi connectivity index (χ4v) is 3.49. The zero-order chi connectivity index (χ0) is 16.9. The molecule has 2 rings (SSSR count). The van der Waals surface area contributed by atoms with Crippen LogP contribution in [0.5, 0.6) is 0 Å². The Morgan fingerprint density at radius 1 is 1.09 bits per heavy atom. The second kappa shape index (κ2) is 7.21. The molecule has 0 aliphatic rings. The van der Waals surface area contributed by atoms with Crippen molar-refractivity contribution >= 4 is 10.0 Å². The van der Waals surface area contributed by atoms with E-state index in [2.05, 4.69) is 4.72 Å². The third-order valence-corrected chi connectivity index (χ3v) is 5.02. The lowest BCUT2D eigenvalue weighted by Crippen LogP contribution is -2.41. The molecular weight excluding hydrogens is 317 g/mol. The second-order valence-electron chi connectivity index (χ2n) is 5.48. The lowest BCUT2D eigenvalue weighted by Gasteiger charge is -2.29. The molecule has 1 atom stereocenters. The molecule has 0 saturated heterocycles. The van der Waals surface area contributed by atoms with Gasteiger partial charge in [-0.15, -0.1) is 0 Å². The van der Waals surface area contributed by atoms with Gasteiger partial charge in [0.05, 0.1) is 5.75 Å². The largest absolute Gasteiger partial charge is 0.372 e. The van der Waals surface area contributed by atoms with Crippen LogP contribution in [0.15, 0.2) is 54.6 Å². The van der Waals surface area contributed by atoms with Crippen LogP contribution in [0.1, 0.15) is 18.1 Å². The van der Waals surface area contributed by atoms with Crippen LogP contribution in [0.25, 0.3) is 0 Å². The van der Waals surface area contributed by atoms with Gasteiger partial charge in [0.2, 0.25) is 10.0 Å². The summed E-state index contributed by atoms with van der Waals surface area (Å²) in [5, 5.41) is 0. The van der Waals surface area contributed by atoms with Crippen molar-refractivity contribution in [2.45, 2.75) is 18.3 Å². The van der Waals surface area contributed by atoms with Crippen molar-refractivity contribution in [3.8, 4) is 0 Å². The van der Waals surface area contributed by atoms with Gasteiger partial charge < -0.3 is 4.74 Å². The Labute approximate surface area is 136 Å². The van der Waals surface area contributed by atoms with Crippen LogP contribution in [0.4, 0.5) is 4.39 Å². The molecule has 0 aliphatic carbocycles. The first-order valence-corrected chi connectivity index (χ1v) is 8.83. The van der Waals surface area contributed by atoms with Crippen molar-refractivity contribution in [1.82, 2.24) is 4.72 Å². The van der Waals surface area contributed by atoms with Gasteiger partial charge >= 0.3 is 0 Å². The van der Waals surface area contributed by atoms with Gasteiger partial charge in [-0.05, 0) is 18.6 Å². The maximum atomic E-state index is 14.0. The van der Waals surface area contributed by atoms with E-state index in [1.54, 1.807) is 49.4 Å². The zero-order valence-electron chi connectivity index (χ0n) is 13.1. The summed E-state index contributed by atoms with van der Waals surface area (Å²) < 4.78 is 46.3. The maximum absolute atomic E-state index is 14.0. The molecule has 0 fully saturated rings. The summed E-state index contributed by atoms with van der Waals surface area (Å²) in [6, 6.07) is 15.0. The molecule has 1 N–H and O–H groups in total. The van der Waals surface area contributed by atoms with Crippen molar-refractivity contribution in [3.05, 3.63) is 71.5 Å². The Hall–Kier alpha value is -1.76. The fourth-order valence-electron chi connectivity index (χ4n) is 2.26. The van der Waals surface area contributed by atoms with Crippen molar-refractivity contribution in [2.24, 2.45) is 0 Å². The van der Waals surface area contributed by atoms with E-state index in [4.69, 9.17) is 4.74 Å². The Morgan fingerprint density at radius 2 is 1.70 bits per heavy atom. The molecule has 0 radical (unpaired) electrons. The van der Waals surface area contributed by atoms with Crippen molar-refractivity contribution in [1.29, 1.82) is 0 Å². The van der Waals surface area contributed by atoms with Gasteiger partial charge in [-0.1, -0.05) is 48.5 Å². The Bertz CT molecular complexity index is 749. The van der Waals surface area contributed by atoms with Crippen molar-refractivity contribution < 1.29 is 17.5 Å². The third kappa shape index (κ3) is 4.60. The van der Waals surface area contributed by atoms with Crippen LogP contribution in [-0.4, -0.2) is 22.1 Å². The molecule has 0 saturated carbocycles. The summed E-state index contributed by atoms with van der Waals surface area (Å²) in [6.07, 6.45) is 0. The Kier molecular flexibility index (Phi) is 5.51. The summed E-state index contributed by atoms with van der Waals surface area (Å²) >= 11 is 0. The first-order chi connectivity index (χ1) is 10.9. The molecule has 4 nitrogen and oxygen atoms in total. The van der Waals surface area contributed by atoms with E-state index < -0.39 is 21.4 Å². The number of benzene rings is 2. The Morgan fingerprint density at radius 3 is 2.30 bits per heavy atom. The number of halogens is 1. The van der Waals surface area contributed by atoms with E-state index in [1.165, 1.54) is 13.2 Å². The standard InChI is InChI=1S/C17H20FNO3S/c1-17(22-2,15-10-6-7-11-16(15)18)13-19-23(20,21)12-14-8-4-3-5-9-14/h3-11,19H,12-13H2,1-2H3/t17-/m0/s1. The van der Waals surface area contributed by atoms with Crippen LogP contribution in [0, 0.1) is 5.82 Å². The summed E-state index contributed by atoms with van der Waals surface area (Å²) in [5.41, 5.74) is -0.0929.